The number of hydrogen-bond donors (Lipinski definition) is 0. The van der Waals surface area contributed by atoms with Crippen molar-refractivity contribution < 1.29 is 9.53 Å². The van der Waals surface area contributed by atoms with Crippen LogP contribution in [-0.4, -0.2) is 35.5 Å². The van der Waals surface area contributed by atoms with E-state index in [4.69, 9.17) is 16.3 Å². The molecule has 0 spiro atoms. The molecule has 0 unspecified atom stereocenters. The number of carbonyl (C=O) groups is 1. The summed E-state index contributed by atoms with van der Waals surface area (Å²) in [6.07, 6.45) is 2.54. The Kier molecular flexibility index (Phi) is 5.48. The smallest absolute Gasteiger partial charge is 0.228 e. The van der Waals surface area contributed by atoms with Crippen LogP contribution in [0.2, 0.25) is 5.02 Å². The average molecular weight is 345 g/mol. The van der Waals surface area contributed by atoms with Crippen LogP contribution in [0.5, 0.6) is 0 Å². The molecule has 1 saturated heterocycles. The third-order valence-corrected chi connectivity index (χ3v) is 4.62. The van der Waals surface area contributed by atoms with Gasteiger partial charge >= 0.3 is 0 Å². The second-order valence-electron chi connectivity index (χ2n) is 5.89. The van der Waals surface area contributed by atoms with Crippen molar-refractivity contribution in [3.63, 3.8) is 0 Å². The van der Waals surface area contributed by atoms with Gasteiger partial charge in [0.25, 0.3) is 0 Å². The van der Waals surface area contributed by atoms with Crippen molar-refractivity contribution in [1.82, 2.24) is 9.88 Å². The van der Waals surface area contributed by atoms with E-state index in [2.05, 4.69) is 4.98 Å². The van der Waals surface area contributed by atoms with Gasteiger partial charge in [-0.15, -0.1) is 0 Å². The zero-order valence-electron chi connectivity index (χ0n) is 13.7. The molecule has 0 aliphatic carbocycles. The third kappa shape index (κ3) is 3.60. The van der Waals surface area contributed by atoms with Crippen LogP contribution in [0.25, 0.3) is 0 Å². The zero-order chi connectivity index (χ0) is 16.9. The molecular formula is C19H21ClN2O2. The van der Waals surface area contributed by atoms with Crippen LogP contribution in [0, 0.1) is 5.92 Å². The Morgan fingerprint density at radius 3 is 2.71 bits per heavy atom. The van der Waals surface area contributed by atoms with Crippen molar-refractivity contribution in [2.24, 2.45) is 5.92 Å². The summed E-state index contributed by atoms with van der Waals surface area (Å²) in [6.45, 7) is 3.77. The van der Waals surface area contributed by atoms with E-state index in [1.165, 1.54) is 0 Å². The number of amides is 1. The minimum atomic E-state index is -0.221. The normalized spacial score (nSPS) is 18.3. The van der Waals surface area contributed by atoms with Gasteiger partial charge in [-0.25, -0.2) is 0 Å². The fraction of sp³-hybridized carbons (Fsp3) is 0.368. The van der Waals surface area contributed by atoms with Crippen LogP contribution >= 0.6 is 11.6 Å². The van der Waals surface area contributed by atoms with Gasteiger partial charge in [0.2, 0.25) is 5.91 Å². The van der Waals surface area contributed by atoms with Gasteiger partial charge in [0.15, 0.2) is 0 Å². The van der Waals surface area contributed by atoms with Gasteiger partial charge in [-0.1, -0.05) is 29.8 Å². The first-order valence-corrected chi connectivity index (χ1v) is 8.63. The van der Waals surface area contributed by atoms with Gasteiger partial charge in [0.1, 0.15) is 0 Å². The van der Waals surface area contributed by atoms with Crippen molar-refractivity contribution in [1.29, 1.82) is 0 Å². The van der Waals surface area contributed by atoms with E-state index in [1.807, 2.05) is 54.3 Å². The number of halogens is 1. The summed E-state index contributed by atoms with van der Waals surface area (Å²) in [6, 6.07) is 13.2. The van der Waals surface area contributed by atoms with Gasteiger partial charge in [-0.2, -0.15) is 0 Å². The maximum atomic E-state index is 13.0. The number of rotatable bonds is 5. The molecule has 2 aromatic rings. The molecule has 0 N–H and O–H groups in total. The molecule has 0 bridgehead atoms. The molecule has 4 nitrogen and oxygen atoms in total. The van der Waals surface area contributed by atoms with Crippen molar-refractivity contribution in [2.45, 2.75) is 19.4 Å². The first-order chi connectivity index (χ1) is 11.7. The Hall–Kier alpha value is -1.91. The largest absolute Gasteiger partial charge is 0.381 e. The first-order valence-electron chi connectivity index (χ1n) is 8.25. The summed E-state index contributed by atoms with van der Waals surface area (Å²) in [4.78, 5) is 19.4. The molecule has 1 aliphatic rings. The number of benzene rings is 1. The van der Waals surface area contributed by atoms with Crippen LogP contribution in [-0.2, 0) is 9.53 Å². The van der Waals surface area contributed by atoms with Crippen molar-refractivity contribution in [3.05, 3.63) is 64.9 Å². The van der Waals surface area contributed by atoms with Gasteiger partial charge in [0, 0.05) is 24.4 Å². The van der Waals surface area contributed by atoms with E-state index in [0.717, 1.165) is 17.7 Å². The van der Waals surface area contributed by atoms with E-state index in [-0.39, 0.29) is 17.9 Å². The standard InChI is InChI=1S/C19H21ClN2O2/c1-2-22(19(23)15-10-12-24-13-15)18(17-5-3-4-11-21-17)14-6-8-16(20)9-7-14/h3-9,11,15,18H,2,10,12-13H2,1H3/t15-,18-/m0/s1. The fourth-order valence-corrected chi connectivity index (χ4v) is 3.25. The predicted octanol–water partition coefficient (Wildman–Crippen LogP) is 3.71. The van der Waals surface area contributed by atoms with Gasteiger partial charge in [0.05, 0.1) is 24.3 Å². The SMILES string of the molecule is CCN(C(=O)[C@H]1CCOC1)[C@@H](c1ccc(Cl)cc1)c1ccccn1. The van der Waals surface area contributed by atoms with Gasteiger partial charge in [-0.05, 0) is 43.2 Å². The molecule has 1 aliphatic heterocycles. The molecular weight excluding hydrogens is 324 g/mol. The fourth-order valence-electron chi connectivity index (χ4n) is 3.12. The van der Waals surface area contributed by atoms with E-state index >= 15 is 0 Å². The Balaban J connectivity index is 1.98. The van der Waals surface area contributed by atoms with Crippen molar-refractivity contribution >= 4 is 17.5 Å². The first kappa shape index (κ1) is 16.9. The second kappa shape index (κ2) is 7.77. The molecule has 1 fully saturated rings. The van der Waals surface area contributed by atoms with Crippen LogP contribution in [0.3, 0.4) is 0 Å². The second-order valence-corrected chi connectivity index (χ2v) is 6.33. The highest BCUT2D eigenvalue weighted by molar-refractivity contribution is 6.30. The number of carbonyl (C=O) groups excluding carboxylic acids is 1. The Morgan fingerprint density at radius 1 is 1.33 bits per heavy atom. The number of aromatic nitrogens is 1. The predicted molar refractivity (Wildman–Crippen MR) is 93.8 cm³/mol. The Labute approximate surface area is 147 Å². The lowest BCUT2D eigenvalue weighted by atomic mass is 9.98. The lowest BCUT2D eigenvalue weighted by Crippen LogP contribution is -2.40. The van der Waals surface area contributed by atoms with E-state index in [1.54, 1.807) is 6.20 Å². The molecule has 3 rings (SSSR count). The quantitative estimate of drug-likeness (QED) is 0.830. The number of ether oxygens (including phenoxy) is 1. The summed E-state index contributed by atoms with van der Waals surface area (Å²) in [5.74, 6) is 0.0593. The summed E-state index contributed by atoms with van der Waals surface area (Å²) in [7, 11) is 0. The lowest BCUT2D eigenvalue weighted by Gasteiger charge is -2.32. The molecule has 0 saturated carbocycles. The van der Waals surface area contributed by atoms with Crippen LogP contribution < -0.4 is 0 Å². The summed E-state index contributed by atoms with van der Waals surface area (Å²) >= 11 is 6.03. The topological polar surface area (TPSA) is 42.4 Å². The zero-order valence-corrected chi connectivity index (χ0v) is 14.4. The highest BCUT2D eigenvalue weighted by Gasteiger charge is 2.33. The lowest BCUT2D eigenvalue weighted by molar-refractivity contribution is -0.137. The highest BCUT2D eigenvalue weighted by atomic mass is 35.5. The van der Waals surface area contributed by atoms with E-state index in [0.29, 0.717) is 24.8 Å². The van der Waals surface area contributed by atoms with Crippen molar-refractivity contribution in [2.75, 3.05) is 19.8 Å². The highest BCUT2D eigenvalue weighted by Crippen LogP contribution is 2.30. The van der Waals surface area contributed by atoms with Crippen LogP contribution in [0.1, 0.15) is 30.6 Å². The minimum absolute atomic E-state index is 0.0662. The van der Waals surface area contributed by atoms with E-state index in [9.17, 15) is 4.79 Å². The van der Waals surface area contributed by atoms with Crippen LogP contribution in [0.4, 0.5) is 0 Å². The molecule has 1 aromatic heterocycles. The minimum Gasteiger partial charge on any atom is -0.381 e. The molecule has 2 heterocycles. The molecule has 1 aromatic carbocycles. The Morgan fingerprint density at radius 2 is 2.12 bits per heavy atom. The van der Waals surface area contributed by atoms with Crippen molar-refractivity contribution in [3.8, 4) is 0 Å². The molecule has 0 radical (unpaired) electrons. The van der Waals surface area contributed by atoms with Crippen LogP contribution in [0.15, 0.2) is 48.7 Å². The number of nitrogens with zero attached hydrogens (tertiary/aromatic N) is 2. The Bertz CT molecular complexity index is 670. The average Bonchev–Trinajstić information content (AvgIpc) is 3.15. The maximum absolute atomic E-state index is 13.0. The third-order valence-electron chi connectivity index (χ3n) is 4.37. The molecule has 24 heavy (non-hydrogen) atoms. The van der Waals surface area contributed by atoms with Gasteiger partial charge < -0.3 is 9.64 Å². The van der Waals surface area contributed by atoms with E-state index < -0.39 is 0 Å². The molecule has 1 amide bonds. The van der Waals surface area contributed by atoms with Gasteiger partial charge in [-0.3, -0.25) is 9.78 Å². The molecule has 5 heteroatoms. The number of pyridine rings is 1. The monoisotopic (exact) mass is 344 g/mol. The maximum Gasteiger partial charge on any atom is 0.228 e. The number of hydrogen-bond acceptors (Lipinski definition) is 3. The summed E-state index contributed by atoms with van der Waals surface area (Å²) in [5, 5.41) is 0.678. The molecule has 126 valence electrons. The molecule has 2 atom stereocenters. The summed E-state index contributed by atoms with van der Waals surface area (Å²) in [5.41, 5.74) is 1.86. The summed E-state index contributed by atoms with van der Waals surface area (Å²) < 4.78 is 5.40.